The number of aromatic amines is 1. The number of carbonyl (C=O) groups excluding carboxylic acids is 2. The standard InChI is InChI=1S/C18H18N4O2/c23-12-19-8-3-9-20-18(24)7-6-13-10-15-14-4-1-2-5-16(14)22-17(15)11-21-13/h1-2,4-7,10-12,22H,3,8-9H2,(H,19,23)(H,20,24)/b7-6+. The molecule has 6 nitrogen and oxygen atoms in total. The molecule has 0 spiro atoms. The SMILES string of the molecule is O=CNCCCNC(=O)/C=C/c1cc2c(cn1)[nH]c1ccccc12. The van der Waals surface area contributed by atoms with Gasteiger partial charge in [-0.3, -0.25) is 14.6 Å². The Labute approximate surface area is 139 Å². The second-order valence-corrected chi connectivity index (χ2v) is 5.38. The zero-order valence-electron chi connectivity index (χ0n) is 13.1. The smallest absolute Gasteiger partial charge is 0.244 e. The average molecular weight is 322 g/mol. The van der Waals surface area contributed by atoms with Crippen molar-refractivity contribution in [1.82, 2.24) is 20.6 Å². The summed E-state index contributed by atoms with van der Waals surface area (Å²) in [5.41, 5.74) is 2.77. The first kappa shape index (κ1) is 15.7. The molecule has 0 bridgehead atoms. The number of H-pyrrole nitrogens is 1. The van der Waals surface area contributed by atoms with Crippen molar-refractivity contribution in [2.45, 2.75) is 6.42 Å². The van der Waals surface area contributed by atoms with Crippen molar-refractivity contribution >= 4 is 40.2 Å². The highest BCUT2D eigenvalue weighted by atomic mass is 16.1. The van der Waals surface area contributed by atoms with Gasteiger partial charge >= 0.3 is 0 Å². The lowest BCUT2D eigenvalue weighted by atomic mass is 10.1. The third-order valence-electron chi connectivity index (χ3n) is 3.70. The molecule has 0 fully saturated rings. The molecule has 0 atom stereocenters. The molecule has 0 aliphatic heterocycles. The van der Waals surface area contributed by atoms with Crippen LogP contribution in [0.25, 0.3) is 27.9 Å². The minimum Gasteiger partial charge on any atom is -0.359 e. The van der Waals surface area contributed by atoms with Crippen LogP contribution in [0.4, 0.5) is 0 Å². The molecule has 3 aromatic rings. The number of hydrogen-bond donors (Lipinski definition) is 3. The number of carbonyl (C=O) groups is 2. The van der Waals surface area contributed by atoms with E-state index in [1.807, 2.05) is 24.3 Å². The molecule has 0 aliphatic rings. The fourth-order valence-corrected chi connectivity index (χ4v) is 2.54. The van der Waals surface area contributed by atoms with Gasteiger partial charge in [0.1, 0.15) is 0 Å². The van der Waals surface area contributed by atoms with Crippen LogP contribution in [-0.4, -0.2) is 35.4 Å². The maximum absolute atomic E-state index is 11.8. The Kier molecular flexibility index (Phi) is 4.86. The van der Waals surface area contributed by atoms with Crippen LogP contribution in [0.5, 0.6) is 0 Å². The molecular formula is C18H18N4O2. The van der Waals surface area contributed by atoms with Gasteiger partial charge in [-0.2, -0.15) is 0 Å². The van der Waals surface area contributed by atoms with Gasteiger partial charge in [-0.15, -0.1) is 0 Å². The van der Waals surface area contributed by atoms with Crippen molar-refractivity contribution < 1.29 is 9.59 Å². The van der Waals surface area contributed by atoms with Crippen LogP contribution in [-0.2, 0) is 9.59 Å². The monoisotopic (exact) mass is 322 g/mol. The van der Waals surface area contributed by atoms with Gasteiger partial charge < -0.3 is 15.6 Å². The Hall–Kier alpha value is -3.15. The van der Waals surface area contributed by atoms with E-state index in [1.165, 1.54) is 6.08 Å². The quantitative estimate of drug-likeness (QED) is 0.353. The number of amides is 2. The lowest BCUT2D eigenvalue weighted by Gasteiger charge is -2.01. The fraction of sp³-hybridized carbons (Fsp3) is 0.167. The van der Waals surface area contributed by atoms with E-state index in [0.717, 1.165) is 27.5 Å². The maximum atomic E-state index is 11.8. The number of benzene rings is 1. The van der Waals surface area contributed by atoms with Gasteiger partial charge in [0.15, 0.2) is 0 Å². The zero-order chi connectivity index (χ0) is 16.8. The summed E-state index contributed by atoms with van der Waals surface area (Å²) in [7, 11) is 0. The number of rotatable bonds is 7. The van der Waals surface area contributed by atoms with Gasteiger partial charge in [0.05, 0.1) is 17.4 Å². The topological polar surface area (TPSA) is 86.9 Å². The van der Waals surface area contributed by atoms with Crippen molar-refractivity contribution in [2.75, 3.05) is 13.1 Å². The predicted molar refractivity (Wildman–Crippen MR) is 94.3 cm³/mol. The zero-order valence-corrected chi connectivity index (χ0v) is 13.1. The summed E-state index contributed by atoms with van der Waals surface area (Å²) in [6, 6.07) is 10.0. The molecule has 24 heavy (non-hydrogen) atoms. The molecule has 0 unspecified atom stereocenters. The molecular weight excluding hydrogens is 304 g/mol. The van der Waals surface area contributed by atoms with Gasteiger partial charge in [-0.25, -0.2) is 0 Å². The van der Waals surface area contributed by atoms with Crippen molar-refractivity contribution in [3.63, 3.8) is 0 Å². The van der Waals surface area contributed by atoms with Gasteiger partial charge in [-0.1, -0.05) is 18.2 Å². The normalized spacial score (nSPS) is 11.2. The van der Waals surface area contributed by atoms with E-state index in [4.69, 9.17) is 0 Å². The molecule has 3 rings (SSSR count). The highest BCUT2D eigenvalue weighted by Crippen LogP contribution is 2.25. The van der Waals surface area contributed by atoms with E-state index in [1.54, 1.807) is 12.3 Å². The second kappa shape index (κ2) is 7.41. The molecule has 6 heteroatoms. The third-order valence-corrected chi connectivity index (χ3v) is 3.70. The molecule has 2 aromatic heterocycles. The number of aromatic nitrogens is 2. The first-order valence-corrected chi connectivity index (χ1v) is 7.77. The van der Waals surface area contributed by atoms with Gasteiger partial charge in [0.25, 0.3) is 0 Å². The van der Waals surface area contributed by atoms with Crippen LogP contribution in [0.2, 0.25) is 0 Å². The Morgan fingerprint density at radius 1 is 1.17 bits per heavy atom. The second-order valence-electron chi connectivity index (χ2n) is 5.38. The van der Waals surface area contributed by atoms with E-state index in [2.05, 4.69) is 26.7 Å². The minimum absolute atomic E-state index is 0.179. The summed E-state index contributed by atoms with van der Waals surface area (Å²) >= 11 is 0. The first-order chi connectivity index (χ1) is 11.8. The predicted octanol–water partition coefficient (Wildman–Crippen LogP) is 1.98. The Balaban J connectivity index is 1.67. The summed E-state index contributed by atoms with van der Waals surface area (Å²) in [5, 5.41) is 7.52. The van der Waals surface area contributed by atoms with Crippen LogP contribution < -0.4 is 10.6 Å². The Morgan fingerprint density at radius 3 is 2.92 bits per heavy atom. The first-order valence-electron chi connectivity index (χ1n) is 7.77. The van der Waals surface area contributed by atoms with E-state index >= 15 is 0 Å². The molecule has 0 saturated heterocycles. The van der Waals surface area contributed by atoms with Crippen LogP contribution in [0.15, 0.2) is 42.6 Å². The fourth-order valence-electron chi connectivity index (χ4n) is 2.54. The Bertz CT molecular complexity index is 898. The third kappa shape index (κ3) is 3.60. The molecule has 2 amide bonds. The lowest BCUT2D eigenvalue weighted by molar-refractivity contribution is -0.116. The van der Waals surface area contributed by atoms with Gasteiger partial charge in [-0.05, 0) is 24.6 Å². The molecule has 0 radical (unpaired) electrons. The van der Waals surface area contributed by atoms with Crippen molar-refractivity contribution in [1.29, 1.82) is 0 Å². The van der Waals surface area contributed by atoms with Crippen LogP contribution in [0.3, 0.4) is 0 Å². The highest BCUT2D eigenvalue weighted by Gasteiger charge is 2.04. The summed E-state index contributed by atoms with van der Waals surface area (Å²) in [6.45, 7) is 1.06. The molecule has 122 valence electrons. The molecule has 1 aromatic carbocycles. The number of pyridine rings is 1. The summed E-state index contributed by atoms with van der Waals surface area (Å²) in [4.78, 5) is 29.5. The average Bonchev–Trinajstić information content (AvgIpc) is 2.98. The number of fused-ring (bicyclic) bond motifs is 3. The van der Waals surface area contributed by atoms with E-state index < -0.39 is 0 Å². The van der Waals surface area contributed by atoms with Crippen molar-refractivity contribution in [2.24, 2.45) is 0 Å². The van der Waals surface area contributed by atoms with Gasteiger partial charge in [0.2, 0.25) is 12.3 Å². The number of nitrogens with zero attached hydrogens (tertiary/aromatic N) is 1. The Morgan fingerprint density at radius 2 is 2.04 bits per heavy atom. The highest BCUT2D eigenvalue weighted by molar-refractivity contribution is 6.07. The van der Waals surface area contributed by atoms with E-state index in [0.29, 0.717) is 25.9 Å². The van der Waals surface area contributed by atoms with Crippen LogP contribution in [0, 0.1) is 0 Å². The van der Waals surface area contributed by atoms with Crippen LogP contribution >= 0.6 is 0 Å². The van der Waals surface area contributed by atoms with Crippen molar-refractivity contribution in [3.05, 3.63) is 48.3 Å². The number of para-hydroxylation sites is 1. The van der Waals surface area contributed by atoms with E-state index in [9.17, 15) is 9.59 Å². The minimum atomic E-state index is -0.179. The summed E-state index contributed by atoms with van der Waals surface area (Å²) in [5.74, 6) is -0.179. The lowest BCUT2D eigenvalue weighted by Crippen LogP contribution is -2.25. The van der Waals surface area contributed by atoms with Crippen molar-refractivity contribution in [3.8, 4) is 0 Å². The summed E-state index contributed by atoms with van der Waals surface area (Å²) < 4.78 is 0. The van der Waals surface area contributed by atoms with Gasteiger partial charge in [0, 0.05) is 35.5 Å². The largest absolute Gasteiger partial charge is 0.359 e. The van der Waals surface area contributed by atoms with Crippen LogP contribution in [0.1, 0.15) is 12.1 Å². The molecule has 0 aliphatic carbocycles. The molecule has 0 saturated carbocycles. The summed E-state index contributed by atoms with van der Waals surface area (Å²) in [6.07, 6.45) is 6.28. The van der Waals surface area contributed by atoms with E-state index in [-0.39, 0.29) is 5.91 Å². The molecule has 3 N–H and O–H groups in total. The molecule has 2 heterocycles. The number of hydrogen-bond acceptors (Lipinski definition) is 3. The maximum Gasteiger partial charge on any atom is 0.244 e. The number of nitrogens with one attached hydrogen (secondary N) is 3.